The van der Waals surface area contributed by atoms with Gasteiger partial charge < -0.3 is 10.1 Å². The zero-order valence-corrected chi connectivity index (χ0v) is 8.27. The number of hydrogen-bond donors (Lipinski definition) is 1. The molecule has 1 fully saturated rings. The lowest BCUT2D eigenvalue weighted by Crippen LogP contribution is -2.39. The zero-order valence-electron chi connectivity index (χ0n) is 7.51. The molecule has 0 radical (unpaired) electrons. The van der Waals surface area contributed by atoms with Gasteiger partial charge in [-0.25, -0.2) is 0 Å². The third-order valence-electron chi connectivity index (χ3n) is 2.43. The molecule has 0 aromatic heterocycles. The van der Waals surface area contributed by atoms with Crippen LogP contribution in [0.5, 0.6) is 5.75 Å². The van der Waals surface area contributed by atoms with Gasteiger partial charge in [0.2, 0.25) is 0 Å². The number of benzene rings is 1. The summed E-state index contributed by atoms with van der Waals surface area (Å²) >= 11 is 5.92. The lowest BCUT2D eigenvalue weighted by molar-refractivity contribution is 0.409. The molecule has 0 saturated carbocycles. The second kappa shape index (κ2) is 3.56. The number of halogens is 1. The van der Waals surface area contributed by atoms with E-state index in [-0.39, 0.29) is 0 Å². The van der Waals surface area contributed by atoms with Gasteiger partial charge in [-0.1, -0.05) is 17.7 Å². The van der Waals surface area contributed by atoms with Crippen LogP contribution < -0.4 is 10.1 Å². The van der Waals surface area contributed by atoms with Crippen molar-refractivity contribution >= 4 is 11.6 Å². The number of ether oxygens (including phenoxy) is 1. The van der Waals surface area contributed by atoms with Gasteiger partial charge in [0.25, 0.3) is 0 Å². The first-order valence-corrected chi connectivity index (χ1v) is 4.73. The standard InChI is InChI=1S/C10H12ClNO/c1-13-10-4-7(2-3-9(10)11)8-5-12-6-8/h2-4,8,12H,5-6H2,1H3. The average molecular weight is 198 g/mol. The third-order valence-corrected chi connectivity index (χ3v) is 2.74. The Labute approximate surface area is 82.9 Å². The smallest absolute Gasteiger partial charge is 0.137 e. The summed E-state index contributed by atoms with van der Waals surface area (Å²) in [5.41, 5.74) is 1.31. The van der Waals surface area contributed by atoms with Crippen molar-refractivity contribution in [3.63, 3.8) is 0 Å². The van der Waals surface area contributed by atoms with E-state index in [2.05, 4.69) is 11.4 Å². The Balaban J connectivity index is 2.26. The molecule has 1 aromatic carbocycles. The van der Waals surface area contributed by atoms with E-state index in [0.29, 0.717) is 10.9 Å². The maximum absolute atomic E-state index is 5.92. The number of methoxy groups -OCH3 is 1. The molecule has 1 aliphatic rings. The highest BCUT2D eigenvalue weighted by Gasteiger charge is 2.19. The zero-order chi connectivity index (χ0) is 9.26. The van der Waals surface area contributed by atoms with E-state index in [1.54, 1.807) is 7.11 Å². The fourth-order valence-electron chi connectivity index (χ4n) is 1.45. The van der Waals surface area contributed by atoms with Gasteiger partial charge >= 0.3 is 0 Å². The highest BCUT2D eigenvalue weighted by molar-refractivity contribution is 6.32. The second-order valence-electron chi connectivity index (χ2n) is 3.25. The monoisotopic (exact) mass is 197 g/mol. The van der Waals surface area contributed by atoms with Crippen molar-refractivity contribution in [3.05, 3.63) is 28.8 Å². The predicted octanol–water partition coefficient (Wildman–Crippen LogP) is 2.04. The van der Waals surface area contributed by atoms with Crippen LogP contribution in [0.3, 0.4) is 0 Å². The van der Waals surface area contributed by atoms with E-state index in [0.717, 1.165) is 18.8 Å². The number of nitrogens with one attached hydrogen (secondary N) is 1. The van der Waals surface area contributed by atoms with E-state index in [1.807, 2.05) is 12.1 Å². The summed E-state index contributed by atoms with van der Waals surface area (Å²) in [5, 5.41) is 3.92. The van der Waals surface area contributed by atoms with Crippen LogP contribution in [0.25, 0.3) is 0 Å². The minimum Gasteiger partial charge on any atom is -0.495 e. The summed E-state index contributed by atoms with van der Waals surface area (Å²) in [7, 11) is 1.64. The van der Waals surface area contributed by atoms with E-state index >= 15 is 0 Å². The number of rotatable bonds is 2. The van der Waals surface area contributed by atoms with Crippen LogP contribution in [0.2, 0.25) is 5.02 Å². The van der Waals surface area contributed by atoms with E-state index in [1.165, 1.54) is 5.56 Å². The molecule has 0 spiro atoms. The maximum atomic E-state index is 5.92. The van der Waals surface area contributed by atoms with Crippen LogP contribution in [0.1, 0.15) is 11.5 Å². The quantitative estimate of drug-likeness (QED) is 0.784. The first-order chi connectivity index (χ1) is 6.31. The SMILES string of the molecule is COc1cc(C2CNC2)ccc1Cl. The normalized spacial score (nSPS) is 16.8. The molecular formula is C10H12ClNO. The van der Waals surface area contributed by atoms with Crippen molar-refractivity contribution in [3.8, 4) is 5.75 Å². The van der Waals surface area contributed by atoms with Crippen molar-refractivity contribution in [2.24, 2.45) is 0 Å². The van der Waals surface area contributed by atoms with Gasteiger partial charge in [-0.05, 0) is 17.7 Å². The van der Waals surface area contributed by atoms with E-state index < -0.39 is 0 Å². The second-order valence-corrected chi connectivity index (χ2v) is 3.66. The molecule has 0 atom stereocenters. The molecule has 1 saturated heterocycles. The molecule has 0 bridgehead atoms. The highest BCUT2D eigenvalue weighted by Crippen LogP contribution is 2.29. The van der Waals surface area contributed by atoms with Crippen LogP contribution in [0.15, 0.2) is 18.2 Å². The molecular weight excluding hydrogens is 186 g/mol. The molecule has 2 nitrogen and oxygen atoms in total. The molecule has 70 valence electrons. The highest BCUT2D eigenvalue weighted by atomic mass is 35.5. The van der Waals surface area contributed by atoms with Crippen LogP contribution in [-0.4, -0.2) is 20.2 Å². The van der Waals surface area contributed by atoms with Gasteiger partial charge in [0.15, 0.2) is 0 Å². The first-order valence-electron chi connectivity index (χ1n) is 4.35. The Hall–Kier alpha value is -0.730. The molecule has 1 N–H and O–H groups in total. The predicted molar refractivity (Wildman–Crippen MR) is 53.6 cm³/mol. The summed E-state index contributed by atoms with van der Waals surface area (Å²) in [6, 6.07) is 5.98. The molecule has 1 aliphatic heterocycles. The first kappa shape index (κ1) is 8.85. The van der Waals surface area contributed by atoms with Crippen molar-refractivity contribution in [1.82, 2.24) is 5.32 Å². The minimum atomic E-state index is 0.631. The van der Waals surface area contributed by atoms with Gasteiger partial charge in [-0.2, -0.15) is 0 Å². The Morgan fingerprint density at radius 3 is 2.77 bits per heavy atom. The molecule has 0 amide bonds. The van der Waals surface area contributed by atoms with Crippen molar-refractivity contribution in [2.45, 2.75) is 5.92 Å². The Morgan fingerprint density at radius 1 is 1.46 bits per heavy atom. The largest absolute Gasteiger partial charge is 0.495 e. The fraction of sp³-hybridized carbons (Fsp3) is 0.400. The number of hydrogen-bond acceptors (Lipinski definition) is 2. The Bertz CT molecular complexity index is 310. The topological polar surface area (TPSA) is 21.3 Å². The van der Waals surface area contributed by atoms with Gasteiger partial charge in [0.1, 0.15) is 5.75 Å². The molecule has 2 rings (SSSR count). The fourth-order valence-corrected chi connectivity index (χ4v) is 1.65. The van der Waals surface area contributed by atoms with Crippen LogP contribution in [0, 0.1) is 0 Å². The summed E-state index contributed by atoms with van der Waals surface area (Å²) in [5.74, 6) is 1.40. The van der Waals surface area contributed by atoms with Crippen molar-refractivity contribution in [2.75, 3.05) is 20.2 Å². The van der Waals surface area contributed by atoms with E-state index in [4.69, 9.17) is 16.3 Å². The van der Waals surface area contributed by atoms with Gasteiger partial charge in [0, 0.05) is 19.0 Å². The third kappa shape index (κ3) is 1.64. The van der Waals surface area contributed by atoms with Gasteiger partial charge in [-0.15, -0.1) is 0 Å². The average Bonchev–Trinajstić information content (AvgIpc) is 2.05. The Kier molecular flexibility index (Phi) is 2.42. The molecule has 13 heavy (non-hydrogen) atoms. The Morgan fingerprint density at radius 2 is 2.23 bits per heavy atom. The van der Waals surface area contributed by atoms with Crippen LogP contribution in [0.4, 0.5) is 0 Å². The van der Waals surface area contributed by atoms with Gasteiger partial charge in [-0.3, -0.25) is 0 Å². The molecule has 1 heterocycles. The molecule has 1 aromatic rings. The maximum Gasteiger partial charge on any atom is 0.137 e. The summed E-state index contributed by atoms with van der Waals surface area (Å²) in [4.78, 5) is 0. The van der Waals surface area contributed by atoms with Crippen LogP contribution >= 0.6 is 11.6 Å². The van der Waals surface area contributed by atoms with Gasteiger partial charge in [0.05, 0.1) is 12.1 Å². The van der Waals surface area contributed by atoms with Crippen LogP contribution in [-0.2, 0) is 0 Å². The lowest BCUT2D eigenvalue weighted by atomic mass is 9.94. The van der Waals surface area contributed by atoms with Crippen molar-refractivity contribution < 1.29 is 4.74 Å². The molecule has 3 heteroatoms. The van der Waals surface area contributed by atoms with Crippen molar-refractivity contribution in [1.29, 1.82) is 0 Å². The summed E-state index contributed by atoms with van der Waals surface area (Å²) in [6.07, 6.45) is 0. The molecule has 0 unspecified atom stereocenters. The summed E-state index contributed by atoms with van der Waals surface area (Å²) < 4.78 is 5.15. The minimum absolute atomic E-state index is 0.631. The molecule has 0 aliphatic carbocycles. The van der Waals surface area contributed by atoms with E-state index in [9.17, 15) is 0 Å². The summed E-state index contributed by atoms with van der Waals surface area (Å²) in [6.45, 7) is 2.12. The lowest BCUT2D eigenvalue weighted by Gasteiger charge is -2.27.